The normalized spacial score (nSPS) is 19.0. The Morgan fingerprint density at radius 3 is 2.35 bits per heavy atom. The van der Waals surface area contributed by atoms with Crippen molar-refractivity contribution in [3.05, 3.63) is 65.0 Å². The van der Waals surface area contributed by atoms with E-state index in [9.17, 15) is 14.0 Å². The molecule has 1 saturated heterocycles. The molecule has 0 aliphatic carbocycles. The lowest BCUT2D eigenvalue weighted by Crippen LogP contribution is -2.45. The van der Waals surface area contributed by atoms with Gasteiger partial charge in [-0.1, -0.05) is 45.9 Å². The van der Waals surface area contributed by atoms with Crippen molar-refractivity contribution in [1.29, 1.82) is 0 Å². The molecule has 2 aliphatic heterocycles. The minimum Gasteiger partial charge on any atom is -0.481 e. The Hall–Kier alpha value is -2.89. The van der Waals surface area contributed by atoms with Gasteiger partial charge in [0.1, 0.15) is 11.6 Å². The van der Waals surface area contributed by atoms with Crippen molar-refractivity contribution in [2.24, 2.45) is 5.41 Å². The van der Waals surface area contributed by atoms with E-state index in [1.54, 1.807) is 12.1 Å². The van der Waals surface area contributed by atoms with E-state index < -0.39 is 11.5 Å². The zero-order chi connectivity index (χ0) is 24.5. The van der Waals surface area contributed by atoms with Crippen molar-refractivity contribution in [2.45, 2.75) is 65.5 Å². The number of halogens is 1. The average molecular weight is 467 g/mol. The van der Waals surface area contributed by atoms with Crippen LogP contribution in [-0.2, 0) is 16.0 Å². The van der Waals surface area contributed by atoms with Gasteiger partial charge in [-0.2, -0.15) is 0 Å². The summed E-state index contributed by atoms with van der Waals surface area (Å²) in [7, 11) is 0. The van der Waals surface area contributed by atoms with Gasteiger partial charge in [0.15, 0.2) is 6.10 Å². The fourth-order valence-corrected chi connectivity index (χ4v) is 4.93. The number of nitrogens with zero attached hydrogens (tertiary/aromatic N) is 2. The fourth-order valence-electron chi connectivity index (χ4n) is 4.93. The van der Waals surface area contributed by atoms with E-state index in [1.807, 2.05) is 55.7 Å². The number of carbonyl (C=O) groups is 2. The van der Waals surface area contributed by atoms with Gasteiger partial charge >= 0.3 is 0 Å². The van der Waals surface area contributed by atoms with Gasteiger partial charge in [0.25, 0.3) is 5.91 Å². The molecule has 2 aliphatic rings. The zero-order valence-corrected chi connectivity index (χ0v) is 20.6. The van der Waals surface area contributed by atoms with Crippen LogP contribution in [0.5, 0.6) is 5.75 Å². The zero-order valence-electron chi connectivity index (χ0n) is 20.6. The summed E-state index contributed by atoms with van der Waals surface area (Å²) in [4.78, 5) is 30.1. The third kappa shape index (κ3) is 4.96. The Morgan fingerprint density at radius 2 is 1.74 bits per heavy atom. The number of benzene rings is 2. The Labute approximate surface area is 201 Å². The highest BCUT2D eigenvalue weighted by atomic mass is 19.1. The van der Waals surface area contributed by atoms with E-state index in [1.165, 1.54) is 12.1 Å². The summed E-state index contributed by atoms with van der Waals surface area (Å²) in [6.45, 7) is 9.89. The van der Waals surface area contributed by atoms with Crippen LogP contribution >= 0.6 is 0 Å². The third-order valence-electron chi connectivity index (χ3n) is 6.78. The number of amides is 2. The lowest BCUT2D eigenvalue weighted by atomic mass is 9.85. The summed E-state index contributed by atoms with van der Waals surface area (Å²) in [5.41, 5.74) is 2.42. The van der Waals surface area contributed by atoms with Gasteiger partial charge in [-0.05, 0) is 66.6 Å². The molecule has 182 valence electrons. The number of fused-ring (bicyclic) bond motifs is 1. The topological polar surface area (TPSA) is 49.9 Å². The first-order chi connectivity index (χ1) is 16.2. The van der Waals surface area contributed by atoms with Crippen LogP contribution in [0.3, 0.4) is 0 Å². The first-order valence-corrected chi connectivity index (χ1v) is 12.3. The molecule has 0 saturated carbocycles. The Kier molecular flexibility index (Phi) is 6.96. The van der Waals surface area contributed by atoms with Crippen LogP contribution in [0.1, 0.15) is 69.7 Å². The standard InChI is InChI=1S/C28H35FN2O3/c1-5-24(26(32)30-15-6-7-16-30)34-22-13-10-19-14-17-31(27(33)28(2,3)4)25(23(19)18-22)20-8-11-21(29)12-9-20/h8-13,18,24-25H,5-7,14-17H2,1-4H3/t24-,25-/m0/s1. The summed E-state index contributed by atoms with van der Waals surface area (Å²) in [6, 6.07) is 11.9. The summed E-state index contributed by atoms with van der Waals surface area (Å²) >= 11 is 0. The first-order valence-electron chi connectivity index (χ1n) is 12.3. The molecule has 0 N–H and O–H groups in total. The minimum atomic E-state index is -0.542. The Morgan fingerprint density at radius 1 is 1.06 bits per heavy atom. The van der Waals surface area contributed by atoms with E-state index in [-0.39, 0.29) is 23.7 Å². The monoisotopic (exact) mass is 466 g/mol. The quantitative estimate of drug-likeness (QED) is 0.614. The Bertz CT molecular complexity index is 1040. The average Bonchev–Trinajstić information content (AvgIpc) is 3.36. The predicted octanol–water partition coefficient (Wildman–Crippen LogP) is 5.13. The molecule has 0 aromatic heterocycles. The molecule has 5 nitrogen and oxygen atoms in total. The molecule has 4 rings (SSSR count). The third-order valence-corrected chi connectivity index (χ3v) is 6.78. The number of likely N-dealkylation sites (tertiary alicyclic amines) is 1. The van der Waals surface area contributed by atoms with Crippen molar-refractivity contribution in [1.82, 2.24) is 9.80 Å². The highest BCUT2D eigenvalue weighted by Gasteiger charge is 2.37. The van der Waals surface area contributed by atoms with Gasteiger partial charge in [0.2, 0.25) is 5.91 Å². The number of hydrogen-bond acceptors (Lipinski definition) is 3. The van der Waals surface area contributed by atoms with Crippen molar-refractivity contribution in [2.75, 3.05) is 19.6 Å². The fraction of sp³-hybridized carbons (Fsp3) is 0.500. The maximum atomic E-state index is 13.7. The van der Waals surface area contributed by atoms with Gasteiger partial charge in [0.05, 0.1) is 6.04 Å². The van der Waals surface area contributed by atoms with Crippen molar-refractivity contribution in [3.63, 3.8) is 0 Å². The molecule has 0 spiro atoms. The second-order valence-electron chi connectivity index (χ2n) is 10.4. The molecular weight excluding hydrogens is 431 g/mol. The van der Waals surface area contributed by atoms with Crippen molar-refractivity contribution in [3.8, 4) is 5.75 Å². The maximum Gasteiger partial charge on any atom is 0.263 e. The van der Waals surface area contributed by atoms with Crippen LogP contribution in [0.25, 0.3) is 0 Å². The van der Waals surface area contributed by atoms with Gasteiger partial charge in [-0.25, -0.2) is 4.39 Å². The van der Waals surface area contributed by atoms with Crippen molar-refractivity contribution >= 4 is 11.8 Å². The van der Waals surface area contributed by atoms with E-state index in [0.29, 0.717) is 18.7 Å². The van der Waals surface area contributed by atoms with E-state index in [4.69, 9.17) is 4.74 Å². The van der Waals surface area contributed by atoms with Crippen LogP contribution in [0.15, 0.2) is 42.5 Å². The number of carbonyl (C=O) groups excluding carboxylic acids is 2. The smallest absolute Gasteiger partial charge is 0.263 e. The molecule has 1 fully saturated rings. The number of rotatable bonds is 5. The summed E-state index contributed by atoms with van der Waals surface area (Å²) in [5, 5.41) is 0. The summed E-state index contributed by atoms with van der Waals surface area (Å²) in [6.07, 6.45) is 2.87. The molecule has 0 unspecified atom stereocenters. The molecule has 0 radical (unpaired) electrons. The van der Waals surface area contributed by atoms with Crippen LogP contribution < -0.4 is 4.74 Å². The molecule has 2 atom stereocenters. The molecule has 0 bridgehead atoms. The maximum absolute atomic E-state index is 13.7. The molecular formula is C28H35FN2O3. The van der Waals surface area contributed by atoms with Gasteiger partial charge < -0.3 is 14.5 Å². The summed E-state index contributed by atoms with van der Waals surface area (Å²) in [5.74, 6) is 0.402. The largest absolute Gasteiger partial charge is 0.481 e. The lowest BCUT2D eigenvalue weighted by Gasteiger charge is -2.41. The van der Waals surface area contributed by atoms with Crippen LogP contribution in [-0.4, -0.2) is 47.4 Å². The van der Waals surface area contributed by atoms with Gasteiger partial charge in [-0.15, -0.1) is 0 Å². The van der Waals surface area contributed by atoms with Crippen LogP contribution in [0.2, 0.25) is 0 Å². The van der Waals surface area contributed by atoms with Gasteiger partial charge in [0, 0.05) is 25.0 Å². The SMILES string of the molecule is CC[C@H](Oc1ccc2c(c1)[C@H](c1ccc(F)cc1)N(C(=O)C(C)(C)C)CC2)C(=O)N1CCCC1. The molecule has 2 amide bonds. The Balaban J connectivity index is 1.69. The molecule has 2 aromatic rings. The highest BCUT2D eigenvalue weighted by molar-refractivity contribution is 5.83. The van der Waals surface area contributed by atoms with Crippen molar-refractivity contribution < 1.29 is 18.7 Å². The summed E-state index contributed by atoms with van der Waals surface area (Å²) < 4.78 is 19.9. The highest BCUT2D eigenvalue weighted by Crippen LogP contribution is 2.39. The predicted molar refractivity (Wildman–Crippen MR) is 130 cm³/mol. The van der Waals surface area contributed by atoms with E-state index in [0.717, 1.165) is 49.0 Å². The van der Waals surface area contributed by atoms with Crippen LogP contribution in [0, 0.1) is 11.2 Å². The molecule has 2 aromatic carbocycles. The second kappa shape index (κ2) is 9.77. The molecule has 2 heterocycles. The second-order valence-corrected chi connectivity index (χ2v) is 10.4. The minimum absolute atomic E-state index is 0.0392. The number of hydrogen-bond donors (Lipinski definition) is 0. The lowest BCUT2D eigenvalue weighted by molar-refractivity contribution is -0.141. The van der Waals surface area contributed by atoms with E-state index in [2.05, 4.69) is 0 Å². The molecule has 6 heteroatoms. The van der Waals surface area contributed by atoms with Crippen LogP contribution in [0.4, 0.5) is 4.39 Å². The van der Waals surface area contributed by atoms with E-state index >= 15 is 0 Å². The first kappa shape index (κ1) is 24.2. The molecule has 34 heavy (non-hydrogen) atoms. The van der Waals surface area contributed by atoms with Gasteiger partial charge in [-0.3, -0.25) is 9.59 Å². The number of ether oxygens (including phenoxy) is 1.